The Bertz CT molecular complexity index is 446. The molecule has 0 spiro atoms. The fourth-order valence-corrected chi connectivity index (χ4v) is 3.28. The Morgan fingerprint density at radius 3 is 3.05 bits per heavy atom. The third kappa shape index (κ3) is 2.96. The van der Waals surface area contributed by atoms with E-state index in [9.17, 15) is 0 Å². The van der Waals surface area contributed by atoms with E-state index < -0.39 is 0 Å². The third-order valence-corrected chi connectivity index (χ3v) is 4.44. The van der Waals surface area contributed by atoms with Crippen LogP contribution in [0.5, 0.6) is 5.75 Å². The second-order valence-corrected chi connectivity index (χ2v) is 6.20. The molecule has 4 heteroatoms. The van der Waals surface area contributed by atoms with E-state index in [-0.39, 0.29) is 0 Å². The summed E-state index contributed by atoms with van der Waals surface area (Å²) in [6.07, 6.45) is 3.77. The van der Waals surface area contributed by atoms with Crippen LogP contribution in [0, 0.1) is 0 Å². The molecule has 1 aromatic rings. The van der Waals surface area contributed by atoms with E-state index in [4.69, 9.17) is 9.47 Å². The van der Waals surface area contributed by atoms with Crippen molar-refractivity contribution < 1.29 is 9.47 Å². The maximum Gasteiger partial charge on any atom is 0.124 e. The van der Waals surface area contributed by atoms with Crippen molar-refractivity contribution in [1.82, 2.24) is 5.32 Å². The zero-order chi connectivity index (χ0) is 13.2. The third-order valence-electron chi connectivity index (χ3n) is 3.95. The van der Waals surface area contributed by atoms with Crippen molar-refractivity contribution >= 4 is 15.9 Å². The van der Waals surface area contributed by atoms with Crippen LogP contribution in [0.15, 0.2) is 22.7 Å². The number of ether oxygens (including phenoxy) is 2. The van der Waals surface area contributed by atoms with E-state index in [1.54, 1.807) is 0 Å². The smallest absolute Gasteiger partial charge is 0.124 e. The van der Waals surface area contributed by atoms with Gasteiger partial charge in [-0.3, -0.25) is 0 Å². The Balaban J connectivity index is 1.63. The second-order valence-electron chi connectivity index (χ2n) is 5.28. The molecule has 1 aliphatic heterocycles. The van der Waals surface area contributed by atoms with E-state index >= 15 is 0 Å². The fraction of sp³-hybridized carbons (Fsp3) is 0.600. The normalized spacial score (nSPS) is 29.3. The first-order valence-corrected chi connectivity index (χ1v) is 7.85. The van der Waals surface area contributed by atoms with Gasteiger partial charge in [0, 0.05) is 35.1 Å². The molecule has 104 valence electrons. The molecule has 3 nitrogen and oxygen atoms in total. The SMILES string of the molecule is CCOC1CC(NC2CCOc3ccc(Br)cc32)C1. The number of fused-ring (bicyclic) bond motifs is 1. The van der Waals surface area contributed by atoms with Gasteiger partial charge >= 0.3 is 0 Å². The van der Waals surface area contributed by atoms with Gasteiger partial charge in [-0.1, -0.05) is 15.9 Å². The minimum Gasteiger partial charge on any atom is -0.493 e. The Hall–Kier alpha value is -0.580. The van der Waals surface area contributed by atoms with Crippen molar-refractivity contribution in [3.63, 3.8) is 0 Å². The number of halogens is 1. The van der Waals surface area contributed by atoms with E-state index in [0.717, 1.165) is 42.7 Å². The van der Waals surface area contributed by atoms with Gasteiger partial charge in [0.05, 0.1) is 12.7 Å². The largest absolute Gasteiger partial charge is 0.493 e. The molecular formula is C15H20BrNO2. The van der Waals surface area contributed by atoms with E-state index in [1.165, 1.54) is 5.56 Å². The molecule has 1 aliphatic carbocycles. The van der Waals surface area contributed by atoms with Crippen molar-refractivity contribution in [2.45, 2.75) is 44.4 Å². The molecule has 1 aromatic carbocycles. The lowest BCUT2D eigenvalue weighted by Crippen LogP contribution is -2.47. The number of hydrogen-bond acceptors (Lipinski definition) is 3. The maximum atomic E-state index is 5.72. The quantitative estimate of drug-likeness (QED) is 0.920. The van der Waals surface area contributed by atoms with Gasteiger partial charge in [-0.15, -0.1) is 0 Å². The average Bonchev–Trinajstić information content (AvgIpc) is 2.37. The molecule has 0 saturated heterocycles. The summed E-state index contributed by atoms with van der Waals surface area (Å²) in [6.45, 7) is 3.69. The Morgan fingerprint density at radius 1 is 1.42 bits per heavy atom. The summed E-state index contributed by atoms with van der Waals surface area (Å²) >= 11 is 3.54. The summed E-state index contributed by atoms with van der Waals surface area (Å²) in [4.78, 5) is 0. The minimum atomic E-state index is 0.411. The summed E-state index contributed by atoms with van der Waals surface area (Å²) in [7, 11) is 0. The average molecular weight is 326 g/mol. The second kappa shape index (κ2) is 5.81. The van der Waals surface area contributed by atoms with Crippen molar-refractivity contribution in [3.8, 4) is 5.75 Å². The van der Waals surface area contributed by atoms with Crippen LogP contribution < -0.4 is 10.1 Å². The van der Waals surface area contributed by atoms with Gasteiger partial charge in [0.2, 0.25) is 0 Å². The molecule has 1 atom stereocenters. The van der Waals surface area contributed by atoms with Gasteiger partial charge < -0.3 is 14.8 Å². The van der Waals surface area contributed by atoms with Gasteiger partial charge in [0.15, 0.2) is 0 Å². The predicted octanol–water partition coefficient (Wildman–Crippen LogP) is 3.43. The molecule has 19 heavy (non-hydrogen) atoms. The standard InChI is InChI=1S/C15H20BrNO2/c1-2-18-12-8-11(9-12)17-14-5-6-19-15-4-3-10(16)7-13(14)15/h3-4,7,11-12,14,17H,2,5-6,8-9H2,1H3. The molecule has 1 N–H and O–H groups in total. The summed E-state index contributed by atoms with van der Waals surface area (Å²) in [6, 6.07) is 7.26. The highest BCUT2D eigenvalue weighted by Gasteiger charge is 2.32. The Kier molecular flexibility index (Phi) is 4.10. The van der Waals surface area contributed by atoms with Crippen LogP contribution in [0.3, 0.4) is 0 Å². The van der Waals surface area contributed by atoms with Crippen molar-refractivity contribution in [3.05, 3.63) is 28.2 Å². The Morgan fingerprint density at radius 2 is 2.26 bits per heavy atom. The molecule has 1 heterocycles. The monoisotopic (exact) mass is 325 g/mol. The molecule has 0 radical (unpaired) electrons. The molecule has 1 unspecified atom stereocenters. The highest BCUT2D eigenvalue weighted by Crippen LogP contribution is 2.36. The highest BCUT2D eigenvalue weighted by atomic mass is 79.9. The molecule has 1 fully saturated rings. The first kappa shape index (κ1) is 13.4. The number of rotatable bonds is 4. The van der Waals surface area contributed by atoms with Crippen LogP contribution >= 0.6 is 15.9 Å². The van der Waals surface area contributed by atoms with E-state index in [0.29, 0.717) is 18.2 Å². The van der Waals surface area contributed by atoms with Gasteiger partial charge in [0.25, 0.3) is 0 Å². The van der Waals surface area contributed by atoms with Gasteiger partial charge in [-0.05, 0) is 38.0 Å². The maximum absolute atomic E-state index is 5.72. The minimum absolute atomic E-state index is 0.411. The lowest BCUT2D eigenvalue weighted by molar-refractivity contribution is -0.0135. The van der Waals surface area contributed by atoms with E-state index in [2.05, 4.69) is 40.3 Å². The molecule has 3 rings (SSSR count). The zero-order valence-electron chi connectivity index (χ0n) is 11.2. The van der Waals surface area contributed by atoms with Crippen molar-refractivity contribution in [1.29, 1.82) is 0 Å². The van der Waals surface area contributed by atoms with Crippen LogP contribution in [0.4, 0.5) is 0 Å². The van der Waals surface area contributed by atoms with Crippen molar-refractivity contribution in [2.24, 2.45) is 0 Å². The van der Waals surface area contributed by atoms with Crippen LogP contribution in [-0.2, 0) is 4.74 Å². The number of benzene rings is 1. The van der Waals surface area contributed by atoms with Crippen LogP contribution in [-0.4, -0.2) is 25.4 Å². The first-order chi connectivity index (χ1) is 9.26. The molecule has 0 amide bonds. The molecule has 2 aliphatic rings. The topological polar surface area (TPSA) is 30.5 Å². The lowest BCUT2D eigenvalue weighted by atomic mass is 9.87. The summed E-state index contributed by atoms with van der Waals surface area (Å²) in [5, 5.41) is 3.75. The summed E-state index contributed by atoms with van der Waals surface area (Å²) < 4.78 is 12.4. The Labute approximate surface area is 122 Å². The number of nitrogens with one attached hydrogen (secondary N) is 1. The van der Waals surface area contributed by atoms with Crippen LogP contribution in [0.25, 0.3) is 0 Å². The first-order valence-electron chi connectivity index (χ1n) is 7.06. The zero-order valence-corrected chi connectivity index (χ0v) is 12.8. The molecule has 0 aromatic heterocycles. The summed E-state index contributed by atoms with van der Waals surface area (Å²) in [5.41, 5.74) is 1.28. The molecule has 1 saturated carbocycles. The van der Waals surface area contributed by atoms with Gasteiger partial charge in [-0.25, -0.2) is 0 Å². The highest BCUT2D eigenvalue weighted by molar-refractivity contribution is 9.10. The molecular weight excluding hydrogens is 306 g/mol. The number of hydrogen-bond donors (Lipinski definition) is 1. The fourth-order valence-electron chi connectivity index (χ4n) is 2.90. The lowest BCUT2D eigenvalue weighted by Gasteiger charge is -2.39. The van der Waals surface area contributed by atoms with Gasteiger partial charge in [0.1, 0.15) is 5.75 Å². The summed E-state index contributed by atoms with van der Waals surface area (Å²) in [5.74, 6) is 1.02. The molecule has 0 bridgehead atoms. The van der Waals surface area contributed by atoms with Crippen molar-refractivity contribution in [2.75, 3.05) is 13.2 Å². The van der Waals surface area contributed by atoms with Gasteiger partial charge in [-0.2, -0.15) is 0 Å². The van der Waals surface area contributed by atoms with E-state index in [1.807, 2.05) is 6.07 Å². The van der Waals surface area contributed by atoms with Crippen LogP contribution in [0.2, 0.25) is 0 Å². The van der Waals surface area contributed by atoms with Crippen LogP contribution in [0.1, 0.15) is 37.8 Å². The predicted molar refractivity (Wildman–Crippen MR) is 78.6 cm³/mol.